The summed E-state index contributed by atoms with van der Waals surface area (Å²) in [6.07, 6.45) is 0. The number of hydrogen-bond donors (Lipinski definition) is 1. The van der Waals surface area contributed by atoms with Gasteiger partial charge in [-0.15, -0.1) is 0 Å². The number of benzene rings is 3. The van der Waals surface area contributed by atoms with Crippen LogP contribution in [0.15, 0.2) is 72.8 Å². The summed E-state index contributed by atoms with van der Waals surface area (Å²) in [6.45, 7) is 0. The number of nitrogens with one attached hydrogen (secondary N) is 1. The summed E-state index contributed by atoms with van der Waals surface area (Å²) in [4.78, 5) is 25.7. The van der Waals surface area contributed by atoms with Gasteiger partial charge in [-0.3, -0.25) is 15.0 Å². The number of halogens is 2. The molecule has 0 spiro atoms. The Bertz CT molecular complexity index is 972. The lowest BCUT2D eigenvalue weighted by Crippen LogP contribution is -2.46. The number of hydrazine groups is 1. The molecule has 0 saturated heterocycles. The molecule has 0 radical (unpaired) electrons. The van der Waals surface area contributed by atoms with Crippen molar-refractivity contribution in [2.24, 2.45) is 0 Å². The highest BCUT2D eigenvalue weighted by atomic mass is 35.5. The first kappa shape index (κ1) is 19.7. The maximum atomic E-state index is 13.0. The second-order valence-corrected chi connectivity index (χ2v) is 6.67. The van der Waals surface area contributed by atoms with Crippen LogP contribution < -0.4 is 15.2 Å². The van der Waals surface area contributed by atoms with E-state index in [2.05, 4.69) is 5.43 Å². The zero-order valence-electron chi connectivity index (χ0n) is 14.9. The minimum atomic E-state index is -0.449. The number of amides is 2. The molecule has 1 N–H and O–H groups in total. The highest BCUT2D eigenvalue weighted by Gasteiger charge is 2.21. The third-order valence-electron chi connectivity index (χ3n) is 3.94. The number of anilines is 1. The molecule has 7 heteroatoms. The van der Waals surface area contributed by atoms with E-state index in [1.165, 1.54) is 5.01 Å². The van der Waals surface area contributed by atoms with Gasteiger partial charge in [-0.1, -0.05) is 23.2 Å². The van der Waals surface area contributed by atoms with Crippen molar-refractivity contribution in [1.82, 2.24) is 5.43 Å². The molecular formula is C21H16Cl2N2O3. The van der Waals surface area contributed by atoms with Crippen LogP contribution >= 0.6 is 23.2 Å². The lowest BCUT2D eigenvalue weighted by molar-refractivity contribution is 0.0887. The quantitative estimate of drug-likeness (QED) is 0.611. The van der Waals surface area contributed by atoms with Crippen molar-refractivity contribution in [2.45, 2.75) is 0 Å². The number of nitrogens with zero attached hydrogens (tertiary/aromatic N) is 1. The maximum Gasteiger partial charge on any atom is 0.277 e. The SMILES string of the molecule is COc1ccc(N(NC(=O)c2ccc(Cl)cc2)C(=O)c2ccc(Cl)cc2)cc1. The number of hydrogen-bond acceptors (Lipinski definition) is 3. The Balaban J connectivity index is 1.93. The third kappa shape index (κ3) is 4.63. The van der Waals surface area contributed by atoms with Crippen molar-refractivity contribution < 1.29 is 14.3 Å². The molecule has 3 rings (SSSR count). The minimum absolute atomic E-state index is 0.367. The molecule has 0 unspecified atom stereocenters. The van der Waals surface area contributed by atoms with E-state index < -0.39 is 11.8 Å². The minimum Gasteiger partial charge on any atom is -0.497 e. The van der Waals surface area contributed by atoms with Crippen molar-refractivity contribution >= 4 is 40.7 Å². The second-order valence-electron chi connectivity index (χ2n) is 5.79. The standard InChI is InChI=1S/C21H16Cl2N2O3/c1-28-19-12-10-18(11-13-19)25(21(27)15-4-8-17(23)9-5-15)24-20(26)14-2-6-16(22)7-3-14/h2-13H,1H3,(H,24,26). The molecule has 5 nitrogen and oxygen atoms in total. The van der Waals surface area contributed by atoms with Gasteiger partial charge in [0.25, 0.3) is 11.8 Å². The smallest absolute Gasteiger partial charge is 0.277 e. The molecule has 0 heterocycles. The van der Waals surface area contributed by atoms with Gasteiger partial charge in [0.2, 0.25) is 0 Å². The lowest BCUT2D eigenvalue weighted by Gasteiger charge is -2.24. The lowest BCUT2D eigenvalue weighted by atomic mass is 10.2. The Morgan fingerprint density at radius 2 is 1.29 bits per heavy atom. The Morgan fingerprint density at radius 3 is 1.79 bits per heavy atom. The Hall–Kier alpha value is -3.02. The normalized spacial score (nSPS) is 10.2. The molecule has 3 aromatic carbocycles. The molecule has 0 aliphatic carbocycles. The van der Waals surface area contributed by atoms with Gasteiger partial charge in [-0.2, -0.15) is 0 Å². The number of ether oxygens (including phenoxy) is 1. The Kier molecular flexibility index (Phi) is 6.19. The van der Waals surface area contributed by atoms with E-state index in [-0.39, 0.29) is 0 Å². The largest absolute Gasteiger partial charge is 0.497 e. The van der Waals surface area contributed by atoms with Crippen LogP contribution in [0.5, 0.6) is 5.75 Å². The summed E-state index contributed by atoms with van der Waals surface area (Å²) >= 11 is 11.8. The van der Waals surface area contributed by atoms with E-state index in [0.717, 1.165) is 0 Å². The van der Waals surface area contributed by atoms with Gasteiger partial charge in [-0.25, -0.2) is 5.01 Å². The molecule has 0 fully saturated rings. The van der Waals surface area contributed by atoms with Gasteiger partial charge in [0.1, 0.15) is 5.75 Å². The number of rotatable bonds is 4. The number of carbonyl (C=O) groups is 2. The second kappa shape index (κ2) is 8.78. The monoisotopic (exact) mass is 414 g/mol. The van der Waals surface area contributed by atoms with Gasteiger partial charge in [-0.05, 0) is 72.8 Å². The van der Waals surface area contributed by atoms with Crippen LogP contribution in [0.1, 0.15) is 20.7 Å². The molecule has 0 bridgehead atoms. The van der Waals surface area contributed by atoms with Gasteiger partial charge in [0.15, 0.2) is 0 Å². The van der Waals surface area contributed by atoms with E-state index in [9.17, 15) is 9.59 Å². The van der Waals surface area contributed by atoms with Crippen molar-refractivity contribution in [1.29, 1.82) is 0 Å². The van der Waals surface area contributed by atoms with E-state index in [4.69, 9.17) is 27.9 Å². The number of carbonyl (C=O) groups excluding carboxylic acids is 2. The van der Waals surface area contributed by atoms with Crippen LogP contribution in [0.2, 0.25) is 10.0 Å². The van der Waals surface area contributed by atoms with E-state index in [1.807, 2.05) is 0 Å². The first-order valence-corrected chi connectivity index (χ1v) is 9.04. The van der Waals surface area contributed by atoms with Gasteiger partial charge < -0.3 is 4.74 Å². The van der Waals surface area contributed by atoms with Gasteiger partial charge >= 0.3 is 0 Å². The van der Waals surface area contributed by atoms with Crippen LogP contribution in [0.3, 0.4) is 0 Å². The fourth-order valence-corrected chi connectivity index (χ4v) is 2.70. The maximum absolute atomic E-state index is 13.0. The van der Waals surface area contributed by atoms with Crippen LogP contribution in [0, 0.1) is 0 Å². The highest BCUT2D eigenvalue weighted by Crippen LogP contribution is 2.21. The molecule has 0 atom stereocenters. The first-order valence-electron chi connectivity index (χ1n) is 8.28. The molecule has 28 heavy (non-hydrogen) atoms. The molecule has 0 aliphatic heterocycles. The van der Waals surface area contributed by atoms with Crippen molar-refractivity contribution in [3.05, 3.63) is 94.0 Å². The topological polar surface area (TPSA) is 58.6 Å². The van der Waals surface area contributed by atoms with E-state index in [1.54, 1.807) is 79.9 Å². The zero-order chi connectivity index (χ0) is 20.1. The van der Waals surface area contributed by atoms with Crippen LogP contribution in [-0.4, -0.2) is 18.9 Å². The molecule has 2 amide bonds. The summed E-state index contributed by atoms with van der Waals surface area (Å²) < 4.78 is 5.15. The average Bonchev–Trinajstić information content (AvgIpc) is 2.72. The van der Waals surface area contributed by atoms with E-state index in [0.29, 0.717) is 32.6 Å². The zero-order valence-corrected chi connectivity index (χ0v) is 16.4. The van der Waals surface area contributed by atoms with Crippen molar-refractivity contribution in [2.75, 3.05) is 12.1 Å². The van der Waals surface area contributed by atoms with Gasteiger partial charge in [0.05, 0.1) is 12.8 Å². The summed E-state index contributed by atoms with van der Waals surface area (Å²) in [5.41, 5.74) is 3.86. The fourth-order valence-electron chi connectivity index (χ4n) is 2.45. The molecule has 0 aliphatic rings. The summed E-state index contributed by atoms with van der Waals surface area (Å²) in [7, 11) is 1.55. The summed E-state index contributed by atoms with van der Waals surface area (Å²) in [6, 6.07) is 19.5. The molecule has 3 aromatic rings. The predicted molar refractivity (Wildman–Crippen MR) is 110 cm³/mol. The molecular weight excluding hydrogens is 399 g/mol. The summed E-state index contributed by atoms with van der Waals surface area (Å²) in [5.74, 6) is -0.231. The van der Waals surface area contributed by atoms with Crippen LogP contribution in [0.25, 0.3) is 0 Å². The molecule has 0 saturated carbocycles. The predicted octanol–water partition coefficient (Wildman–Crippen LogP) is 4.99. The van der Waals surface area contributed by atoms with Gasteiger partial charge in [0, 0.05) is 21.2 Å². The first-order chi connectivity index (χ1) is 13.5. The van der Waals surface area contributed by atoms with Crippen LogP contribution in [-0.2, 0) is 0 Å². The fraction of sp³-hybridized carbons (Fsp3) is 0.0476. The number of methoxy groups -OCH3 is 1. The molecule has 0 aromatic heterocycles. The van der Waals surface area contributed by atoms with Crippen molar-refractivity contribution in [3.63, 3.8) is 0 Å². The Morgan fingerprint density at radius 1 is 0.786 bits per heavy atom. The third-order valence-corrected chi connectivity index (χ3v) is 4.45. The highest BCUT2D eigenvalue weighted by molar-refractivity contribution is 6.31. The van der Waals surface area contributed by atoms with Crippen LogP contribution in [0.4, 0.5) is 5.69 Å². The Labute approximate surface area is 172 Å². The average molecular weight is 415 g/mol. The summed E-state index contributed by atoms with van der Waals surface area (Å²) in [5, 5.41) is 2.21. The van der Waals surface area contributed by atoms with E-state index >= 15 is 0 Å². The molecule has 142 valence electrons. The van der Waals surface area contributed by atoms with Crippen molar-refractivity contribution in [3.8, 4) is 5.75 Å².